The number of likely N-dealkylation sites (tertiary alicyclic amines) is 1. The van der Waals surface area contributed by atoms with Crippen molar-refractivity contribution in [2.75, 3.05) is 38.6 Å². The predicted octanol–water partition coefficient (Wildman–Crippen LogP) is 3.75. The molecule has 1 atom stereocenters. The summed E-state index contributed by atoms with van der Waals surface area (Å²) in [5.41, 5.74) is 4.81. The van der Waals surface area contributed by atoms with Crippen LogP contribution < -0.4 is 9.62 Å². The van der Waals surface area contributed by atoms with Gasteiger partial charge in [0.15, 0.2) is 0 Å². The van der Waals surface area contributed by atoms with Crippen molar-refractivity contribution in [1.82, 2.24) is 9.62 Å². The lowest BCUT2D eigenvalue weighted by Gasteiger charge is -2.28. The van der Waals surface area contributed by atoms with Gasteiger partial charge in [-0.1, -0.05) is 18.2 Å². The van der Waals surface area contributed by atoms with Crippen molar-refractivity contribution >= 4 is 15.7 Å². The number of hydrogen-bond acceptors (Lipinski definition) is 4. The van der Waals surface area contributed by atoms with Gasteiger partial charge in [0, 0.05) is 32.4 Å². The lowest BCUT2D eigenvalue weighted by molar-refractivity contribution is 0.246. The van der Waals surface area contributed by atoms with Crippen molar-refractivity contribution in [3.05, 3.63) is 59.2 Å². The maximum Gasteiger partial charge on any atom is 0.240 e. The molecule has 5 nitrogen and oxygen atoms in total. The third-order valence-corrected chi connectivity index (χ3v) is 7.89. The molecule has 162 valence electrons. The fourth-order valence-electron chi connectivity index (χ4n) is 4.65. The zero-order chi connectivity index (χ0) is 21.1. The third kappa shape index (κ3) is 4.71. The van der Waals surface area contributed by atoms with Gasteiger partial charge in [0.25, 0.3) is 0 Å². The Bertz CT molecular complexity index is 964. The summed E-state index contributed by atoms with van der Waals surface area (Å²) in [6, 6.07) is 14.2. The van der Waals surface area contributed by atoms with Crippen molar-refractivity contribution in [3.63, 3.8) is 0 Å². The van der Waals surface area contributed by atoms with E-state index < -0.39 is 10.0 Å². The quantitative estimate of drug-likeness (QED) is 0.731. The maximum absolute atomic E-state index is 13.1. The summed E-state index contributed by atoms with van der Waals surface area (Å²) in [6.07, 6.45) is 6.72. The molecule has 2 aliphatic rings. The minimum absolute atomic E-state index is 0.0520. The summed E-state index contributed by atoms with van der Waals surface area (Å²) in [5.74, 6) is 0. The summed E-state index contributed by atoms with van der Waals surface area (Å²) in [7, 11) is 0.522. The van der Waals surface area contributed by atoms with Gasteiger partial charge < -0.3 is 4.90 Å². The van der Waals surface area contributed by atoms with Crippen LogP contribution >= 0.6 is 0 Å². The maximum atomic E-state index is 13.1. The van der Waals surface area contributed by atoms with Crippen LogP contribution in [0.25, 0.3) is 0 Å². The van der Waals surface area contributed by atoms with Gasteiger partial charge in [-0.15, -0.1) is 0 Å². The Morgan fingerprint density at radius 1 is 0.933 bits per heavy atom. The first-order chi connectivity index (χ1) is 14.4. The molecule has 4 rings (SSSR count). The average molecular weight is 428 g/mol. The number of aryl methyl sites for hydroxylation is 2. The normalized spacial score (nSPS) is 18.2. The van der Waals surface area contributed by atoms with Crippen molar-refractivity contribution in [3.8, 4) is 0 Å². The summed E-state index contributed by atoms with van der Waals surface area (Å²) in [5, 5.41) is 0. The second-order valence-corrected chi connectivity index (χ2v) is 10.5. The molecule has 0 amide bonds. The first-order valence-corrected chi connectivity index (χ1v) is 12.6. The zero-order valence-corrected chi connectivity index (χ0v) is 18.9. The van der Waals surface area contributed by atoms with E-state index in [1.807, 2.05) is 26.2 Å². The van der Waals surface area contributed by atoms with Gasteiger partial charge in [-0.05, 0) is 92.6 Å². The first-order valence-electron chi connectivity index (χ1n) is 11.1. The number of rotatable bonds is 7. The van der Waals surface area contributed by atoms with Gasteiger partial charge in [0.2, 0.25) is 10.0 Å². The van der Waals surface area contributed by atoms with E-state index in [4.69, 9.17) is 0 Å². The van der Waals surface area contributed by atoms with Gasteiger partial charge in [-0.25, -0.2) is 13.1 Å². The number of hydrogen-bond donors (Lipinski definition) is 1. The van der Waals surface area contributed by atoms with E-state index in [2.05, 4.69) is 38.8 Å². The average Bonchev–Trinajstić information content (AvgIpc) is 3.28. The zero-order valence-electron chi connectivity index (χ0n) is 18.1. The Morgan fingerprint density at radius 3 is 2.27 bits per heavy atom. The molecule has 1 saturated heterocycles. The molecule has 1 fully saturated rings. The fourth-order valence-corrected chi connectivity index (χ4v) is 5.74. The van der Waals surface area contributed by atoms with E-state index in [0.717, 1.165) is 43.6 Å². The van der Waals surface area contributed by atoms with E-state index in [9.17, 15) is 8.42 Å². The van der Waals surface area contributed by atoms with E-state index in [0.29, 0.717) is 11.4 Å². The molecule has 0 radical (unpaired) electrons. The molecular formula is C24H33N3O2S. The van der Waals surface area contributed by atoms with Crippen LogP contribution in [0.3, 0.4) is 0 Å². The molecule has 1 aliphatic carbocycles. The fraction of sp³-hybridized carbons (Fsp3) is 0.500. The van der Waals surface area contributed by atoms with E-state index >= 15 is 0 Å². The molecule has 0 aromatic heterocycles. The van der Waals surface area contributed by atoms with E-state index in [1.54, 1.807) is 6.07 Å². The summed E-state index contributed by atoms with van der Waals surface area (Å²) in [6.45, 7) is 2.42. The number of fused-ring (bicyclic) bond motifs is 1. The molecule has 1 heterocycles. The van der Waals surface area contributed by atoms with Crippen LogP contribution in [0.2, 0.25) is 0 Å². The molecule has 2 aromatic carbocycles. The van der Waals surface area contributed by atoms with Crippen LogP contribution in [0.4, 0.5) is 5.69 Å². The first kappa shape index (κ1) is 21.3. The minimum Gasteiger partial charge on any atom is -0.378 e. The highest BCUT2D eigenvalue weighted by atomic mass is 32.2. The number of nitrogens with zero attached hydrogens (tertiary/aromatic N) is 2. The number of benzene rings is 2. The second kappa shape index (κ2) is 9.08. The standard InChI is InChI=1S/C24H33N3O2S/c1-26(2)22-12-9-20(10-13-22)24(27-15-5-6-16-27)18-25-30(28,29)23-14-11-19-7-3-4-8-21(19)17-23/h9-14,17,24-25H,3-8,15-16,18H2,1-2H3/t24-/m1/s1. The van der Waals surface area contributed by atoms with Crippen molar-refractivity contribution in [2.45, 2.75) is 49.5 Å². The monoisotopic (exact) mass is 427 g/mol. The van der Waals surface area contributed by atoms with E-state index in [1.165, 1.54) is 30.4 Å². The topological polar surface area (TPSA) is 52.7 Å². The van der Waals surface area contributed by atoms with Crippen molar-refractivity contribution in [1.29, 1.82) is 0 Å². The van der Waals surface area contributed by atoms with Gasteiger partial charge >= 0.3 is 0 Å². The third-order valence-electron chi connectivity index (χ3n) is 6.47. The highest BCUT2D eigenvalue weighted by Gasteiger charge is 2.26. The summed E-state index contributed by atoms with van der Waals surface area (Å²) >= 11 is 0. The molecule has 1 N–H and O–H groups in total. The lowest BCUT2D eigenvalue weighted by atomic mass is 9.92. The van der Waals surface area contributed by atoms with Crippen LogP contribution in [-0.4, -0.2) is 47.0 Å². The van der Waals surface area contributed by atoms with Gasteiger partial charge in [-0.3, -0.25) is 4.90 Å². The predicted molar refractivity (Wildman–Crippen MR) is 123 cm³/mol. The van der Waals surface area contributed by atoms with Crippen LogP contribution in [0.5, 0.6) is 0 Å². The molecule has 0 saturated carbocycles. The van der Waals surface area contributed by atoms with Crippen molar-refractivity contribution in [2.24, 2.45) is 0 Å². The Balaban J connectivity index is 1.53. The lowest BCUT2D eigenvalue weighted by Crippen LogP contribution is -2.36. The Kier molecular flexibility index (Phi) is 6.46. The Labute approximate surface area is 181 Å². The second-order valence-electron chi connectivity index (χ2n) is 8.73. The highest BCUT2D eigenvalue weighted by Crippen LogP contribution is 2.28. The molecule has 2 aromatic rings. The van der Waals surface area contributed by atoms with Crippen LogP contribution in [-0.2, 0) is 22.9 Å². The van der Waals surface area contributed by atoms with Gasteiger partial charge in [-0.2, -0.15) is 0 Å². The Hall–Kier alpha value is -1.89. The van der Waals surface area contributed by atoms with Crippen LogP contribution in [0, 0.1) is 0 Å². The van der Waals surface area contributed by atoms with Crippen molar-refractivity contribution < 1.29 is 8.42 Å². The summed E-state index contributed by atoms with van der Waals surface area (Å²) < 4.78 is 29.1. The van der Waals surface area contributed by atoms with Crippen LogP contribution in [0.15, 0.2) is 47.4 Å². The molecule has 6 heteroatoms. The summed E-state index contributed by atoms with van der Waals surface area (Å²) in [4.78, 5) is 4.87. The number of anilines is 1. The molecule has 0 spiro atoms. The molecular weight excluding hydrogens is 394 g/mol. The van der Waals surface area contributed by atoms with Crippen LogP contribution in [0.1, 0.15) is 48.4 Å². The molecule has 1 aliphatic heterocycles. The molecule has 30 heavy (non-hydrogen) atoms. The number of sulfonamides is 1. The smallest absolute Gasteiger partial charge is 0.240 e. The number of nitrogens with one attached hydrogen (secondary N) is 1. The van der Waals surface area contributed by atoms with Gasteiger partial charge in [0.05, 0.1) is 4.90 Å². The molecule has 0 bridgehead atoms. The van der Waals surface area contributed by atoms with E-state index in [-0.39, 0.29) is 6.04 Å². The Morgan fingerprint density at radius 2 is 1.60 bits per heavy atom. The van der Waals surface area contributed by atoms with Gasteiger partial charge in [0.1, 0.15) is 0 Å². The highest BCUT2D eigenvalue weighted by molar-refractivity contribution is 7.89. The molecule has 0 unspecified atom stereocenters. The SMILES string of the molecule is CN(C)c1ccc([C@@H](CNS(=O)(=O)c2ccc3c(c2)CCCC3)N2CCCC2)cc1. The minimum atomic E-state index is -3.53. The largest absolute Gasteiger partial charge is 0.378 e.